The molecule has 1 aliphatic heterocycles. The zero-order valence-corrected chi connectivity index (χ0v) is 13.4. The molecule has 4 heteroatoms. The van der Waals surface area contributed by atoms with Gasteiger partial charge in [0.2, 0.25) is 0 Å². The molecule has 4 nitrogen and oxygen atoms in total. The van der Waals surface area contributed by atoms with Crippen molar-refractivity contribution < 1.29 is 0 Å². The Labute approximate surface area is 136 Å². The Balaban J connectivity index is 1.52. The molecule has 1 aromatic carbocycles. The van der Waals surface area contributed by atoms with E-state index in [9.17, 15) is 0 Å². The van der Waals surface area contributed by atoms with Crippen molar-refractivity contribution in [2.24, 2.45) is 5.92 Å². The van der Waals surface area contributed by atoms with Gasteiger partial charge in [0.25, 0.3) is 0 Å². The number of likely N-dealkylation sites (tertiary alicyclic amines) is 1. The highest BCUT2D eigenvalue weighted by Crippen LogP contribution is 2.44. The lowest BCUT2D eigenvalue weighted by Gasteiger charge is -2.45. The molecule has 3 heterocycles. The summed E-state index contributed by atoms with van der Waals surface area (Å²) in [6.07, 6.45) is 10.6. The van der Waals surface area contributed by atoms with E-state index in [4.69, 9.17) is 0 Å². The minimum Gasteiger partial charge on any atom is -0.361 e. The summed E-state index contributed by atoms with van der Waals surface area (Å²) in [6.45, 7) is 2.25. The van der Waals surface area contributed by atoms with Crippen LogP contribution in [0.2, 0.25) is 0 Å². The van der Waals surface area contributed by atoms with Crippen LogP contribution in [0.15, 0.2) is 43.1 Å². The average Bonchev–Trinajstić information content (AvgIpc) is 3.20. The molecule has 3 aromatic rings. The molecule has 0 amide bonds. The Kier molecular flexibility index (Phi) is 2.89. The van der Waals surface area contributed by atoms with Crippen LogP contribution in [0, 0.1) is 5.92 Å². The zero-order chi connectivity index (χ0) is 15.4. The van der Waals surface area contributed by atoms with Gasteiger partial charge in [0.05, 0.1) is 6.33 Å². The number of aromatic amines is 1. The second-order valence-corrected chi connectivity index (χ2v) is 7.26. The van der Waals surface area contributed by atoms with E-state index in [1.165, 1.54) is 35.9 Å². The van der Waals surface area contributed by atoms with Crippen LogP contribution < -0.4 is 0 Å². The highest BCUT2D eigenvalue weighted by atomic mass is 15.2. The lowest BCUT2D eigenvalue weighted by Crippen LogP contribution is -2.48. The smallest absolute Gasteiger partial charge is 0.0946 e. The fourth-order valence-corrected chi connectivity index (χ4v) is 4.88. The highest BCUT2D eigenvalue weighted by molar-refractivity contribution is 5.88. The number of H-pyrrole nitrogens is 1. The van der Waals surface area contributed by atoms with Gasteiger partial charge in [-0.25, -0.2) is 4.98 Å². The summed E-state index contributed by atoms with van der Waals surface area (Å²) in [7, 11) is 2.30. The molecule has 23 heavy (non-hydrogen) atoms. The minimum atomic E-state index is 0.642. The van der Waals surface area contributed by atoms with Gasteiger partial charge in [-0.15, -0.1) is 0 Å². The van der Waals surface area contributed by atoms with Crippen LogP contribution in [0.4, 0.5) is 0 Å². The molecule has 0 spiro atoms. The van der Waals surface area contributed by atoms with E-state index in [-0.39, 0.29) is 0 Å². The first-order chi connectivity index (χ1) is 11.3. The van der Waals surface area contributed by atoms with Crippen LogP contribution in [-0.2, 0) is 13.0 Å². The third-order valence-electron chi connectivity index (χ3n) is 5.84. The van der Waals surface area contributed by atoms with Crippen molar-refractivity contribution in [2.45, 2.75) is 31.3 Å². The maximum atomic E-state index is 4.19. The molecule has 1 aliphatic carbocycles. The van der Waals surface area contributed by atoms with Crippen LogP contribution in [-0.4, -0.2) is 39.1 Å². The van der Waals surface area contributed by atoms with Crippen molar-refractivity contribution in [3.8, 4) is 0 Å². The molecule has 0 radical (unpaired) electrons. The van der Waals surface area contributed by atoms with Crippen LogP contribution >= 0.6 is 0 Å². The monoisotopic (exact) mass is 306 g/mol. The molecular formula is C19H22N4. The number of fused-ring (bicyclic) bond motifs is 2. The van der Waals surface area contributed by atoms with Crippen molar-refractivity contribution in [3.63, 3.8) is 0 Å². The number of rotatable bonds is 2. The van der Waals surface area contributed by atoms with Gasteiger partial charge in [0, 0.05) is 54.5 Å². The predicted molar refractivity (Wildman–Crippen MR) is 91.5 cm³/mol. The number of imidazole rings is 1. The van der Waals surface area contributed by atoms with Gasteiger partial charge in [0.1, 0.15) is 0 Å². The number of hydrogen-bond acceptors (Lipinski definition) is 2. The average molecular weight is 306 g/mol. The normalized spacial score (nSPS) is 27.3. The Bertz CT molecular complexity index is 832. The maximum Gasteiger partial charge on any atom is 0.0946 e. The largest absolute Gasteiger partial charge is 0.361 e. The van der Waals surface area contributed by atoms with E-state index in [0.717, 1.165) is 6.54 Å². The molecule has 2 aliphatic rings. The molecule has 0 saturated carbocycles. The van der Waals surface area contributed by atoms with Crippen LogP contribution in [0.1, 0.15) is 23.5 Å². The molecule has 1 unspecified atom stereocenters. The number of nitrogens with zero attached hydrogens (tertiary/aromatic N) is 3. The summed E-state index contributed by atoms with van der Waals surface area (Å²) >= 11 is 0. The maximum absolute atomic E-state index is 4.19. The van der Waals surface area contributed by atoms with Crippen molar-refractivity contribution >= 4 is 10.9 Å². The van der Waals surface area contributed by atoms with Crippen LogP contribution in [0.25, 0.3) is 10.9 Å². The Morgan fingerprint density at radius 3 is 3.17 bits per heavy atom. The fourth-order valence-electron chi connectivity index (χ4n) is 4.88. The molecule has 2 aromatic heterocycles. The van der Waals surface area contributed by atoms with Gasteiger partial charge in [-0.1, -0.05) is 12.1 Å². The summed E-state index contributed by atoms with van der Waals surface area (Å²) in [5, 5.41) is 1.49. The highest BCUT2D eigenvalue weighted by Gasteiger charge is 2.39. The quantitative estimate of drug-likeness (QED) is 0.790. The first kappa shape index (κ1) is 13.4. The van der Waals surface area contributed by atoms with Gasteiger partial charge in [0.15, 0.2) is 0 Å². The first-order valence-corrected chi connectivity index (χ1v) is 8.54. The Morgan fingerprint density at radius 1 is 1.35 bits per heavy atom. The van der Waals surface area contributed by atoms with E-state index < -0.39 is 0 Å². The van der Waals surface area contributed by atoms with Gasteiger partial charge < -0.3 is 14.5 Å². The Hall–Kier alpha value is -2.07. The molecular weight excluding hydrogens is 284 g/mol. The zero-order valence-electron chi connectivity index (χ0n) is 13.4. The molecule has 1 N–H and O–H groups in total. The second-order valence-electron chi connectivity index (χ2n) is 7.26. The summed E-state index contributed by atoms with van der Waals surface area (Å²) in [5.74, 6) is 1.33. The number of hydrogen-bond donors (Lipinski definition) is 1. The second kappa shape index (κ2) is 4.96. The molecule has 0 bridgehead atoms. The number of benzene rings is 1. The number of piperidine rings is 1. The van der Waals surface area contributed by atoms with E-state index in [0.29, 0.717) is 17.9 Å². The lowest BCUT2D eigenvalue weighted by atomic mass is 9.72. The van der Waals surface area contributed by atoms with E-state index in [1.807, 2.05) is 12.5 Å². The predicted octanol–water partition coefficient (Wildman–Crippen LogP) is 3.02. The van der Waals surface area contributed by atoms with Crippen molar-refractivity contribution in [1.82, 2.24) is 19.4 Å². The topological polar surface area (TPSA) is 36.9 Å². The SMILES string of the molecule is CN1CC(Cn2ccnc2)C[C@@H]2c3cccc4[nH]cc(c34)C[C@H]21. The van der Waals surface area contributed by atoms with Gasteiger partial charge in [-0.05, 0) is 43.0 Å². The standard InChI is InChI=1S/C19H22N4/c1-22-10-13(11-23-6-5-20-12-23)7-16-15-3-2-4-17-19(15)14(9-21-17)8-18(16)22/h2-6,9,12-13,16,18,21H,7-8,10-11H2,1H3/t13?,16-,18-/m1/s1. The minimum absolute atomic E-state index is 0.642. The lowest BCUT2D eigenvalue weighted by molar-refractivity contribution is 0.103. The van der Waals surface area contributed by atoms with Crippen molar-refractivity contribution in [1.29, 1.82) is 0 Å². The Morgan fingerprint density at radius 2 is 2.30 bits per heavy atom. The number of likely N-dealkylation sites (N-methyl/N-ethyl adjacent to an activating group) is 1. The summed E-state index contributed by atoms with van der Waals surface area (Å²) in [4.78, 5) is 10.2. The third-order valence-corrected chi connectivity index (χ3v) is 5.84. The van der Waals surface area contributed by atoms with Gasteiger partial charge in [-0.3, -0.25) is 0 Å². The number of aromatic nitrogens is 3. The summed E-state index contributed by atoms with van der Waals surface area (Å²) < 4.78 is 2.23. The molecule has 5 rings (SSSR count). The molecule has 3 atom stereocenters. The molecule has 1 saturated heterocycles. The van der Waals surface area contributed by atoms with Crippen molar-refractivity contribution in [2.75, 3.05) is 13.6 Å². The van der Waals surface area contributed by atoms with E-state index >= 15 is 0 Å². The van der Waals surface area contributed by atoms with Crippen molar-refractivity contribution in [3.05, 3.63) is 54.2 Å². The number of nitrogens with one attached hydrogen (secondary N) is 1. The third kappa shape index (κ3) is 2.05. The summed E-state index contributed by atoms with van der Waals surface area (Å²) in [5.41, 5.74) is 4.35. The molecule has 1 fully saturated rings. The van der Waals surface area contributed by atoms with Gasteiger partial charge in [-0.2, -0.15) is 0 Å². The molecule has 118 valence electrons. The van der Waals surface area contributed by atoms with E-state index in [2.05, 4.69) is 57.1 Å². The first-order valence-electron chi connectivity index (χ1n) is 8.54. The fraction of sp³-hybridized carbons (Fsp3) is 0.421. The van der Waals surface area contributed by atoms with Crippen LogP contribution in [0.3, 0.4) is 0 Å². The van der Waals surface area contributed by atoms with Gasteiger partial charge >= 0.3 is 0 Å². The van der Waals surface area contributed by atoms with Crippen LogP contribution in [0.5, 0.6) is 0 Å². The summed E-state index contributed by atoms with van der Waals surface area (Å²) in [6, 6.07) is 7.41. The van der Waals surface area contributed by atoms with E-state index in [1.54, 1.807) is 5.56 Å².